The Hall–Kier alpha value is -3.81. The molecule has 0 bridgehead atoms. The fourth-order valence-corrected chi connectivity index (χ4v) is 3.09. The van der Waals surface area contributed by atoms with Gasteiger partial charge in [-0.3, -0.25) is 9.59 Å². The summed E-state index contributed by atoms with van der Waals surface area (Å²) in [5, 5.41) is 2.86. The Labute approximate surface area is 173 Å². The van der Waals surface area contributed by atoms with Crippen LogP contribution in [-0.2, 0) is 11.2 Å². The molecule has 1 aromatic heterocycles. The van der Waals surface area contributed by atoms with Crippen LogP contribution in [0.15, 0.2) is 47.3 Å². The van der Waals surface area contributed by atoms with E-state index in [1.165, 1.54) is 27.4 Å². The molecule has 2 N–H and O–H groups in total. The summed E-state index contributed by atoms with van der Waals surface area (Å²) >= 11 is 0. The minimum atomic E-state index is -0.227. The number of benzene rings is 2. The summed E-state index contributed by atoms with van der Waals surface area (Å²) in [5.74, 6) is 1.66. The van der Waals surface area contributed by atoms with E-state index < -0.39 is 0 Å². The number of carbonyl (C=O) groups excluding carboxylic acids is 1. The van der Waals surface area contributed by atoms with Gasteiger partial charge in [0.05, 0.1) is 27.8 Å². The Morgan fingerprint density at radius 2 is 1.73 bits per heavy atom. The van der Waals surface area contributed by atoms with Crippen molar-refractivity contribution < 1.29 is 19.0 Å². The molecule has 0 aliphatic rings. The van der Waals surface area contributed by atoms with Crippen LogP contribution in [0.25, 0.3) is 11.4 Å². The zero-order valence-corrected chi connectivity index (χ0v) is 17.2. The SMILES string of the molecule is COc1cc(CC(=O)Nc2cccc(-c3nc(C)cc(=O)[nH]3)c2)cc(OC)c1OC. The van der Waals surface area contributed by atoms with E-state index in [0.717, 1.165) is 0 Å². The third-order valence-corrected chi connectivity index (χ3v) is 4.38. The van der Waals surface area contributed by atoms with Gasteiger partial charge in [-0.05, 0) is 36.8 Å². The molecule has 0 atom stereocenters. The lowest BCUT2D eigenvalue weighted by Crippen LogP contribution is -2.15. The zero-order chi connectivity index (χ0) is 21.7. The molecule has 1 heterocycles. The zero-order valence-electron chi connectivity index (χ0n) is 17.2. The number of methoxy groups -OCH3 is 3. The van der Waals surface area contributed by atoms with Crippen molar-refractivity contribution in [1.29, 1.82) is 0 Å². The summed E-state index contributed by atoms with van der Waals surface area (Å²) in [6.07, 6.45) is 0.112. The number of carbonyl (C=O) groups is 1. The van der Waals surface area contributed by atoms with Crippen LogP contribution in [0.2, 0.25) is 0 Å². The molecule has 30 heavy (non-hydrogen) atoms. The lowest BCUT2D eigenvalue weighted by Gasteiger charge is -2.14. The normalized spacial score (nSPS) is 10.4. The third kappa shape index (κ3) is 4.78. The van der Waals surface area contributed by atoms with E-state index in [9.17, 15) is 9.59 Å². The van der Waals surface area contributed by atoms with Crippen LogP contribution in [0.3, 0.4) is 0 Å². The van der Waals surface area contributed by atoms with E-state index in [1.54, 1.807) is 37.3 Å². The van der Waals surface area contributed by atoms with Crippen molar-refractivity contribution in [2.24, 2.45) is 0 Å². The summed E-state index contributed by atoms with van der Waals surface area (Å²) < 4.78 is 16.0. The molecule has 8 nitrogen and oxygen atoms in total. The van der Waals surface area contributed by atoms with Crippen LogP contribution in [0.1, 0.15) is 11.3 Å². The maximum Gasteiger partial charge on any atom is 0.251 e. The molecule has 0 spiro atoms. The van der Waals surface area contributed by atoms with E-state index >= 15 is 0 Å². The molecule has 8 heteroatoms. The molecule has 0 radical (unpaired) electrons. The van der Waals surface area contributed by atoms with Crippen LogP contribution in [0.4, 0.5) is 5.69 Å². The molecule has 0 saturated carbocycles. The molecule has 156 valence electrons. The van der Waals surface area contributed by atoms with Crippen molar-refractivity contribution in [2.45, 2.75) is 13.3 Å². The second-order valence-corrected chi connectivity index (χ2v) is 6.57. The van der Waals surface area contributed by atoms with E-state index in [0.29, 0.717) is 45.6 Å². The first-order chi connectivity index (χ1) is 14.4. The minimum Gasteiger partial charge on any atom is -0.493 e. The second kappa shape index (κ2) is 9.13. The number of ether oxygens (including phenoxy) is 3. The minimum absolute atomic E-state index is 0.112. The molecule has 2 aromatic carbocycles. The van der Waals surface area contributed by atoms with Crippen LogP contribution in [0.5, 0.6) is 17.2 Å². The van der Waals surface area contributed by atoms with E-state index in [1.807, 2.05) is 6.07 Å². The van der Waals surface area contributed by atoms with Crippen LogP contribution in [0, 0.1) is 6.92 Å². The molecular formula is C22H23N3O5. The van der Waals surface area contributed by atoms with Gasteiger partial charge in [-0.25, -0.2) is 4.98 Å². The van der Waals surface area contributed by atoms with Crippen LogP contribution < -0.4 is 25.1 Å². The molecule has 1 amide bonds. The summed E-state index contributed by atoms with van der Waals surface area (Å²) in [4.78, 5) is 31.3. The number of H-pyrrole nitrogens is 1. The highest BCUT2D eigenvalue weighted by Gasteiger charge is 2.15. The van der Waals surface area contributed by atoms with E-state index in [2.05, 4.69) is 15.3 Å². The van der Waals surface area contributed by atoms with Crippen molar-refractivity contribution in [3.8, 4) is 28.6 Å². The van der Waals surface area contributed by atoms with Gasteiger partial charge in [0.1, 0.15) is 5.82 Å². The first-order valence-corrected chi connectivity index (χ1v) is 9.20. The number of hydrogen-bond acceptors (Lipinski definition) is 6. The standard InChI is InChI=1S/C22H23N3O5/c1-13-8-19(26)25-22(23-13)15-6-5-7-16(12-15)24-20(27)11-14-9-17(28-2)21(30-4)18(10-14)29-3/h5-10,12H,11H2,1-4H3,(H,24,27)(H,23,25,26). The maximum atomic E-state index is 12.6. The summed E-state index contributed by atoms with van der Waals surface area (Å²) in [7, 11) is 4.57. The number of rotatable bonds is 7. The van der Waals surface area contributed by atoms with Gasteiger partial charge in [-0.1, -0.05) is 12.1 Å². The Morgan fingerprint density at radius 1 is 1.03 bits per heavy atom. The average Bonchev–Trinajstić information content (AvgIpc) is 2.72. The van der Waals surface area contributed by atoms with Gasteiger partial charge in [0, 0.05) is 23.0 Å². The highest BCUT2D eigenvalue weighted by molar-refractivity contribution is 5.93. The van der Waals surface area contributed by atoms with Gasteiger partial charge in [0.15, 0.2) is 11.5 Å². The predicted molar refractivity (Wildman–Crippen MR) is 113 cm³/mol. The fraction of sp³-hybridized carbons (Fsp3) is 0.227. The van der Waals surface area contributed by atoms with Gasteiger partial charge in [-0.15, -0.1) is 0 Å². The molecule has 0 saturated heterocycles. The smallest absolute Gasteiger partial charge is 0.251 e. The lowest BCUT2D eigenvalue weighted by atomic mass is 10.1. The van der Waals surface area contributed by atoms with Crippen LogP contribution >= 0.6 is 0 Å². The molecule has 0 aliphatic carbocycles. The van der Waals surface area contributed by atoms with Crippen molar-refractivity contribution in [2.75, 3.05) is 26.6 Å². The number of nitrogens with one attached hydrogen (secondary N) is 2. The first kappa shape index (κ1) is 20.9. The Morgan fingerprint density at radius 3 is 2.33 bits per heavy atom. The molecule has 0 fully saturated rings. The van der Waals surface area contributed by atoms with Gasteiger partial charge < -0.3 is 24.5 Å². The topological polar surface area (TPSA) is 103 Å². The number of anilines is 1. The van der Waals surface area contributed by atoms with Crippen LogP contribution in [-0.4, -0.2) is 37.2 Å². The van der Waals surface area contributed by atoms with Gasteiger partial charge >= 0.3 is 0 Å². The Kier molecular flexibility index (Phi) is 6.36. The quantitative estimate of drug-likeness (QED) is 0.622. The van der Waals surface area contributed by atoms with Gasteiger partial charge in [-0.2, -0.15) is 0 Å². The number of aryl methyl sites for hydroxylation is 1. The second-order valence-electron chi connectivity index (χ2n) is 6.57. The highest BCUT2D eigenvalue weighted by atomic mass is 16.5. The summed E-state index contributed by atoms with van der Waals surface area (Å²) in [6.45, 7) is 1.75. The van der Waals surface area contributed by atoms with E-state index in [-0.39, 0.29) is 17.9 Å². The van der Waals surface area contributed by atoms with Crippen molar-refractivity contribution in [1.82, 2.24) is 9.97 Å². The average molecular weight is 409 g/mol. The third-order valence-electron chi connectivity index (χ3n) is 4.38. The van der Waals surface area contributed by atoms with Crippen molar-refractivity contribution in [3.05, 3.63) is 64.1 Å². The number of amides is 1. The van der Waals surface area contributed by atoms with Crippen molar-refractivity contribution >= 4 is 11.6 Å². The maximum absolute atomic E-state index is 12.6. The fourth-order valence-electron chi connectivity index (χ4n) is 3.09. The first-order valence-electron chi connectivity index (χ1n) is 9.20. The molecule has 3 rings (SSSR count). The van der Waals surface area contributed by atoms with Gasteiger partial charge in [0.25, 0.3) is 5.56 Å². The molecular weight excluding hydrogens is 386 g/mol. The highest BCUT2D eigenvalue weighted by Crippen LogP contribution is 2.38. The van der Waals surface area contributed by atoms with Crippen molar-refractivity contribution in [3.63, 3.8) is 0 Å². The Balaban J connectivity index is 1.79. The lowest BCUT2D eigenvalue weighted by molar-refractivity contribution is -0.115. The summed E-state index contributed by atoms with van der Waals surface area (Å²) in [5.41, 5.74) is 2.39. The molecule has 3 aromatic rings. The monoisotopic (exact) mass is 409 g/mol. The number of hydrogen-bond donors (Lipinski definition) is 2. The largest absolute Gasteiger partial charge is 0.493 e. The molecule has 0 aliphatic heterocycles. The predicted octanol–water partition coefficient (Wildman–Crippen LogP) is 2.95. The number of aromatic nitrogens is 2. The number of aromatic amines is 1. The number of nitrogens with zero attached hydrogens (tertiary/aromatic N) is 1. The Bertz CT molecular complexity index is 1100. The van der Waals surface area contributed by atoms with E-state index in [4.69, 9.17) is 14.2 Å². The summed E-state index contributed by atoms with van der Waals surface area (Å²) in [6, 6.07) is 12.0. The molecule has 0 unspecified atom stereocenters. The van der Waals surface area contributed by atoms with Gasteiger partial charge in [0.2, 0.25) is 11.7 Å².